The Morgan fingerprint density at radius 1 is 0.733 bits per heavy atom. The summed E-state index contributed by atoms with van der Waals surface area (Å²) in [5.74, 6) is 0. The minimum absolute atomic E-state index is 1.29. The highest BCUT2D eigenvalue weighted by atomic mass is 15.3. The van der Waals surface area contributed by atoms with Crippen molar-refractivity contribution in [3.05, 3.63) is 0 Å². The van der Waals surface area contributed by atoms with Gasteiger partial charge in [-0.15, -0.1) is 0 Å². The topological polar surface area (TPSA) is 6.48 Å². The van der Waals surface area contributed by atoms with Crippen molar-refractivity contribution in [3.8, 4) is 0 Å². The largest absolute Gasteiger partial charge is 0.301 e. The molecule has 0 radical (unpaired) electrons. The summed E-state index contributed by atoms with van der Waals surface area (Å²) in [6.45, 7) is 16.3. The van der Waals surface area contributed by atoms with Gasteiger partial charge in [0.15, 0.2) is 0 Å². The van der Waals surface area contributed by atoms with Crippen molar-refractivity contribution in [3.63, 3.8) is 0 Å². The smallest absolute Gasteiger partial charge is 0.0110 e. The van der Waals surface area contributed by atoms with Crippen molar-refractivity contribution < 1.29 is 0 Å². The molecule has 0 saturated carbocycles. The summed E-state index contributed by atoms with van der Waals surface area (Å²) in [4.78, 5) is 5.19. The molecule has 0 unspecified atom stereocenters. The average Bonchev–Trinajstić information content (AvgIpc) is 2.31. The third-order valence-electron chi connectivity index (χ3n) is 2.83. The molecule has 0 aromatic heterocycles. The minimum atomic E-state index is 1.29. The van der Waals surface area contributed by atoms with Gasteiger partial charge in [-0.1, -0.05) is 34.1 Å². The lowest BCUT2D eigenvalue weighted by Gasteiger charge is -2.34. The highest BCUT2D eigenvalue weighted by molar-refractivity contribution is 4.71. The molecule has 1 fully saturated rings. The van der Waals surface area contributed by atoms with Gasteiger partial charge in [0.1, 0.15) is 0 Å². The van der Waals surface area contributed by atoms with Crippen molar-refractivity contribution in [1.29, 1.82) is 0 Å². The van der Waals surface area contributed by atoms with Gasteiger partial charge in [-0.05, 0) is 25.9 Å². The normalized spacial score (nSPS) is 18.4. The lowest BCUT2D eigenvalue weighted by atomic mass is 10.2. The van der Waals surface area contributed by atoms with E-state index in [1.165, 1.54) is 58.5 Å². The van der Waals surface area contributed by atoms with Crippen LogP contribution in [-0.4, -0.2) is 49.1 Å². The van der Waals surface area contributed by atoms with Crippen molar-refractivity contribution >= 4 is 0 Å². The van der Waals surface area contributed by atoms with E-state index >= 15 is 0 Å². The molecule has 1 rings (SSSR count). The lowest BCUT2D eigenvalue weighted by Crippen LogP contribution is -2.46. The van der Waals surface area contributed by atoms with Crippen LogP contribution in [0, 0.1) is 0 Å². The van der Waals surface area contributed by atoms with Gasteiger partial charge in [0, 0.05) is 26.2 Å². The fourth-order valence-corrected chi connectivity index (χ4v) is 1.93. The van der Waals surface area contributed by atoms with Crippen LogP contribution in [0.4, 0.5) is 0 Å². The maximum atomic E-state index is 2.61. The summed E-state index contributed by atoms with van der Waals surface area (Å²) >= 11 is 0. The Morgan fingerprint density at radius 2 is 1.20 bits per heavy atom. The molecule has 0 aromatic rings. The van der Waals surface area contributed by atoms with Crippen LogP contribution in [0.2, 0.25) is 0 Å². The van der Waals surface area contributed by atoms with Crippen LogP contribution in [0.3, 0.4) is 0 Å². The Morgan fingerprint density at radius 3 is 1.60 bits per heavy atom. The van der Waals surface area contributed by atoms with Crippen LogP contribution >= 0.6 is 0 Å². The number of hydrogen-bond acceptors (Lipinski definition) is 2. The van der Waals surface area contributed by atoms with Gasteiger partial charge in [-0.3, -0.25) is 0 Å². The van der Waals surface area contributed by atoms with E-state index in [0.29, 0.717) is 0 Å². The zero-order chi connectivity index (χ0) is 11.5. The van der Waals surface area contributed by atoms with Gasteiger partial charge in [0.25, 0.3) is 0 Å². The van der Waals surface area contributed by atoms with E-state index in [1.54, 1.807) is 0 Å². The number of rotatable bonds is 5. The first-order valence-corrected chi connectivity index (χ1v) is 6.81. The Kier molecular flexibility index (Phi) is 10.4. The highest BCUT2D eigenvalue weighted by Gasteiger charge is 2.14. The zero-order valence-electron chi connectivity index (χ0n) is 11.3. The van der Waals surface area contributed by atoms with Crippen LogP contribution in [0.25, 0.3) is 0 Å². The number of unbranched alkanes of at least 4 members (excludes halogenated alkanes) is 1. The van der Waals surface area contributed by atoms with Crippen molar-refractivity contribution in [1.82, 2.24) is 9.80 Å². The van der Waals surface area contributed by atoms with E-state index in [2.05, 4.69) is 23.6 Å². The third kappa shape index (κ3) is 6.91. The van der Waals surface area contributed by atoms with Gasteiger partial charge in [0.2, 0.25) is 0 Å². The molecular weight excluding hydrogens is 184 g/mol. The fraction of sp³-hybridized carbons (Fsp3) is 1.00. The second kappa shape index (κ2) is 10.4. The number of hydrogen-bond donors (Lipinski definition) is 0. The molecule has 1 saturated heterocycles. The fourth-order valence-electron chi connectivity index (χ4n) is 1.93. The second-order valence-corrected chi connectivity index (χ2v) is 4.04. The van der Waals surface area contributed by atoms with E-state index in [0.717, 1.165) is 0 Å². The first-order valence-electron chi connectivity index (χ1n) is 6.81. The van der Waals surface area contributed by atoms with Gasteiger partial charge in [-0.25, -0.2) is 0 Å². The van der Waals surface area contributed by atoms with Gasteiger partial charge in [0.05, 0.1) is 0 Å². The summed E-state index contributed by atoms with van der Waals surface area (Å²) in [6.07, 6.45) is 4.00. The standard InChI is InChI=1S/C11H24N2.C2H6/c1-3-5-7-13-10-8-12(6-4-2)9-11-13;1-2/h3-11H2,1-2H3;1-2H3. The van der Waals surface area contributed by atoms with Crippen LogP contribution in [-0.2, 0) is 0 Å². The number of piperazine rings is 1. The van der Waals surface area contributed by atoms with Gasteiger partial charge < -0.3 is 9.80 Å². The Labute approximate surface area is 96.6 Å². The quantitative estimate of drug-likeness (QED) is 0.694. The molecule has 0 aromatic carbocycles. The first kappa shape index (κ1) is 14.9. The Hall–Kier alpha value is -0.0800. The first-order chi connectivity index (χ1) is 7.36. The molecule has 15 heavy (non-hydrogen) atoms. The SMILES string of the molecule is CC.CCCCN1CCN(CCC)CC1. The minimum Gasteiger partial charge on any atom is -0.301 e. The maximum Gasteiger partial charge on any atom is 0.0110 e. The van der Waals surface area contributed by atoms with Crippen LogP contribution < -0.4 is 0 Å². The van der Waals surface area contributed by atoms with E-state index in [1.807, 2.05) is 13.8 Å². The molecule has 0 aliphatic carbocycles. The molecule has 0 atom stereocenters. The molecule has 2 heteroatoms. The van der Waals surface area contributed by atoms with Crippen molar-refractivity contribution in [2.45, 2.75) is 47.0 Å². The van der Waals surface area contributed by atoms with E-state index < -0.39 is 0 Å². The highest BCUT2D eigenvalue weighted by Crippen LogP contribution is 2.03. The Bertz CT molecular complexity index is 118. The van der Waals surface area contributed by atoms with E-state index in [4.69, 9.17) is 0 Å². The number of nitrogens with zero attached hydrogens (tertiary/aromatic N) is 2. The Balaban J connectivity index is 0.000000921. The average molecular weight is 214 g/mol. The van der Waals surface area contributed by atoms with E-state index in [-0.39, 0.29) is 0 Å². The summed E-state index contributed by atoms with van der Waals surface area (Å²) in [5, 5.41) is 0. The van der Waals surface area contributed by atoms with Crippen LogP contribution in [0.5, 0.6) is 0 Å². The summed E-state index contributed by atoms with van der Waals surface area (Å²) in [7, 11) is 0. The van der Waals surface area contributed by atoms with Crippen molar-refractivity contribution in [2.75, 3.05) is 39.3 Å². The maximum absolute atomic E-state index is 2.61. The lowest BCUT2D eigenvalue weighted by molar-refractivity contribution is 0.131. The van der Waals surface area contributed by atoms with Gasteiger partial charge in [-0.2, -0.15) is 0 Å². The summed E-state index contributed by atoms with van der Waals surface area (Å²) < 4.78 is 0. The molecule has 0 amide bonds. The zero-order valence-corrected chi connectivity index (χ0v) is 11.3. The molecular formula is C13H30N2. The molecule has 1 aliphatic heterocycles. The summed E-state index contributed by atoms with van der Waals surface area (Å²) in [5.41, 5.74) is 0. The molecule has 1 aliphatic rings. The molecule has 0 N–H and O–H groups in total. The molecule has 0 bridgehead atoms. The second-order valence-electron chi connectivity index (χ2n) is 4.04. The van der Waals surface area contributed by atoms with Crippen LogP contribution in [0.1, 0.15) is 47.0 Å². The summed E-state index contributed by atoms with van der Waals surface area (Å²) in [6, 6.07) is 0. The molecule has 92 valence electrons. The predicted molar refractivity (Wildman–Crippen MR) is 69.4 cm³/mol. The predicted octanol–water partition coefficient (Wildman–Crippen LogP) is 2.84. The molecule has 1 heterocycles. The van der Waals surface area contributed by atoms with Crippen LogP contribution in [0.15, 0.2) is 0 Å². The third-order valence-corrected chi connectivity index (χ3v) is 2.83. The monoisotopic (exact) mass is 214 g/mol. The van der Waals surface area contributed by atoms with E-state index in [9.17, 15) is 0 Å². The molecule has 2 nitrogen and oxygen atoms in total. The van der Waals surface area contributed by atoms with Crippen molar-refractivity contribution in [2.24, 2.45) is 0 Å². The van der Waals surface area contributed by atoms with Gasteiger partial charge >= 0.3 is 0 Å². The molecule has 0 spiro atoms.